The van der Waals surface area contributed by atoms with E-state index in [0.717, 1.165) is 57.9 Å². The second-order valence-corrected chi connectivity index (χ2v) is 6.90. The van der Waals surface area contributed by atoms with Gasteiger partial charge in [0.1, 0.15) is 6.04 Å². The quantitative estimate of drug-likeness (QED) is 0.537. The molecule has 1 aliphatic heterocycles. The van der Waals surface area contributed by atoms with Crippen LogP contribution in [-0.4, -0.2) is 42.4 Å². The Balaban J connectivity index is 2.34. The average Bonchev–Trinajstić information content (AvgIpc) is 2.61. The lowest BCUT2D eigenvalue weighted by Crippen LogP contribution is -2.52. The lowest BCUT2D eigenvalue weighted by atomic mass is 10.00. The van der Waals surface area contributed by atoms with Gasteiger partial charge in [0.2, 0.25) is 11.8 Å². The molecule has 1 aliphatic rings. The number of unbranched alkanes of at least 4 members (excludes halogenated alkanes) is 6. The number of rotatable bonds is 12. The van der Waals surface area contributed by atoms with Crippen LogP contribution in [0.1, 0.15) is 84.0 Å². The minimum absolute atomic E-state index is 0.0294. The number of nitrogens with zero attached hydrogens (tertiary/aromatic N) is 1. The molecule has 0 aliphatic carbocycles. The maximum absolute atomic E-state index is 12.5. The molecule has 5 heteroatoms. The van der Waals surface area contributed by atoms with E-state index in [4.69, 9.17) is 5.73 Å². The Morgan fingerprint density at radius 2 is 1.79 bits per heavy atom. The number of nitrogens with one attached hydrogen (secondary N) is 1. The maximum Gasteiger partial charge on any atom is 0.242 e. The largest absolute Gasteiger partial charge is 0.354 e. The van der Waals surface area contributed by atoms with Crippen molar-refractivity contribution in [1.29, 1.82) is 0 Å². The highest BCUT2D eigenvalue weighted by Crippen LogP contribution is 2.19. The molecule has 3 N–H and O–H groups in total. The third-order valence-electron chi connectivity index (χ3n) is 4.80. The van der Waals surface area contributed by atoms with E-state index in [-0.39, 0.29) is 17.9 Å². The Kier molecular flexibility index (Phi) is 11.5. The molecule has 24 heavy (non-hydrogen) atoms. The summed E-state index contributed by atoms with van der Waals surface area (Å²) < 4.78 is 0. The van der Waals surface area contributed by atoms with Crippen LogP contribution in [-0.2, 0) is 9.59 Å². The van der Waals surface area contributed by atoms with E-state index in [1.54, 1.807) is 0 Å². The number of nitrogens with two attached hydrogens (primary N) is 1. The van der Waals surface area contributed by atoms with Gasteiger partial charge in [0.25, 0.3) is 0 Å². The van der Waals surface area contributed by atoms with Crippen molar-refractivity contribution >= 4 is 11.8 Å². The van der Waals surface area contributed by atoms with E-state index in [1.807, 2.05) is 4.90 Å². The second-order valence-electron chi connectivity index (χ2n) is 6.90. The Morgan fingerprint density at radius 1 is 1.04 bits per heavy atom. The van der Waals surface area contributed by atoms with E-state index in [1.165, 1.54) is 19.3 Å². The van der Waals surface area contributed by atoms with Gasteiger partial charge in [0.05, 0.1) is 0 Å². The summed E-state index contributed by atoms with van der Waals surface area (Å²) >= 11 is 0. The molecule has 2 amide bonds. The predicted octanol–water partition coefficient (Wildman–Crippen LogP) is 2.97. The molecule has 0 radical (unpaired) electrons. The summed E-state index contributed by atoms with van der Waals surface area (Å²) in [6.07, 6.45) is 12.2. The highest BCUT2D eigenvalue weighted by molar-refractivity contribution is 5.87. The van der Waals surface area contributed by atoms with Gasteiger partial charge < -0.3 is 16.0 Å². The van der Waals surface area contributed by atoms with Gasteiger partial charge in [0.15, 0.2) is 0 Å². The molecule has 1 atom stereocenters. The van der Waals surface area contributed by atoms with Crippen LogP contribution in [0.4, 0.5) is 0 Å². The molecule has 0 aromatic carbocycles. The van der Waals surface area contributed by atoms with Crippen molar-refractivity contribution < 1.29 is 9.59 Å². The summed E-state index contributed by atoms with van der Waals surface area (Å²) in [5.74, 6) is 0.191. The number of hydrogen-bond donors (Lipinski definition) is 2. The summed E-state index contributed by atoms with van der Waals surface area (Å²) in [5, 5.41) is 3.01. The molecular weight excluding hydrogens is 302 g/mol. The number of amides is 2. The molecule has 0 saturated carbocycles. The molecule has 0 unspecified atom stereocenters. The highest BCUT2D eigenvalue weighted by Gasteiger charge is 2.31. The first-order chi connectivity index (χ1) is 11.7. The van der Waals surface area contributed by atoms with Crippen molar-refractivity contribution in [3.63, 3.8) is 0 Å². The zero-order chi connectivity index (χ0) is 17.6. The standard InChI is InChI=1S/C19H37N3O2/c1-2-3-4-5-7-13-18(23)22-16-11-8-12-17(22)19(24)21-15-10-6-9-14-20/h17H,2-16,20H2,1H3,(H,21,24)/t17-/m0/s1. The molecule has 1 rings (SSSR count). The van der Waals surface area contributed by atoms with Crippen LogP contribution < -0.4 is 11.1 Å². The Bertz CT molecular complexity index is 327. The fourth-order valence-electron chi connectivity index (χ4n) is 3.30. The minimum Gasteiger partial charge on any atom is -0.354 e. The summed E-state index contributed by atoms with van der Waals surface area (Å²) in [6, 6.07) is -0.253. The first kappa shape index (κ1) is 20.9. The van der Waals surface area contributed by atoms with E-state index >= 15 is 0 Å². The van der Waals surface area contributed by atoms with Crippen LogP contribution in [0.15, 0.2) is 0 Å². The van der Waals surface area contributed by atoms with Crippen LogP contribution in [0.25, 0.3) is 0 Å². The van der Waals surface area contributed by atoms with Crippen LogP contribution in [0.2, 0.25) is 0 Å². The van der Waals surface area contributed by atoms with Crippen molar-refractivity contribution in [1.82, 2.24) is 10.2 Å². The Morgan fingerprint density at radius 3 is 2.54 bits per heavy atom. The highest BCUT2D eigenvalue weighted by atomic mass is 16.2. The molecule has 0 aromatic heterocycles. The SMILES string of the molecule is CCCCCCCC(=O)N1CCCC[C@H]1C(=O)NCCCCCN. The van der Waals surface area contributed by atoms with Crippen molar-refractivity contribution in [2.24, 2.45) is 5.73 Å². The Hall–Kier alpha value is -1.10. The van der Waals surface area contributed by atoms with Gasteiger partial charge in [-0.2, -0.15) is 0 Å². The first-order valence-corrected chi connectivity index (χ1v) is 9.98. The average molecular weight is 340 g/mol. The lowest BCUT2D eigenvalue weighted by Gasteiger charge is -2.35. The van der Waals surface area contributed by atoms with Gasteiger partial charge in [-0.15, -0.1) is 0 Å². The fourth-order valence-corrected chi connectivity index (χ4v) is 3.30. The van der Waals surface area contributed by atoms with Gasteiger partial charge in [-0.1, -0.05) is 39.0 Å². The van der Waals surface area contributed by atoms with E-state index < -0.39 is 0 Å². The van der Waals surface area contributed by atoms with Gasteiger partial charge >= 0.3 is 0 Å². The topological polar surface area (TPSA) is 75.4 Å². The number of likely N-dealkylation sites (tertiary alicyclic amines) is 1. The zero-order valence-corrected chi connectivity index (χ0v) is 15.5. The van der Waals surface area contributed by atoms with Crippen LogP contribution in [0.5, 0.6) is 0 Å². The molecule has 1 saturated heterocycles. The number of hydrogen-bond acceptors (Lipinski definition) is 3. The third-order valence-corrected chi connectivity index (χ3v) is 4.80. The maximum atomic E-state index is 12.5. The molecule has 1 fully saturated rings. The molecule has 0 aromatic rings. The molecule has 140 valence electrons. The molecule has 0 bridgehead atoms. The van der Waals surface area contributed by atoms with Crippen molar-refractivity contribution in [3.05, 3.63) is 0 Å². The summed E-state index contributed by atoms with van der Waals surface area (Å²) in [7, 11) is 0. The summed E-state index contributed by atoms with van der Waals surface area (Å²) in [4.78, 5) is 26.8. The van der Waals surface area contributed by atoms with Crippen LogP contribution in [0, 0.1) is 0 Å². The summed E-state index contributed by atoms with van der Waals surface area (Å²) in [5.41, 5.74) is 5.47. The van der Waals surface area contributed by atoms with Crippen LogP contribution >= 0.6 is 0 Å². The van der Waals surface area contributed by atoms with Gasteiger partial charge in [-0.3, -0.25) is 9.59 Å². The predicted molar refractivity (Wildman–Crippen MR) is 98.6 cm³/mol. The van der Waals surface area contributed by atoms with Gasteiger partial charge in [0, 0.05) is 19.5 Å². The van der Waals surface area contributed by atoms with Gasteiger partial charge in [-0.05, 0) is 45.1 Å². The van der Waals surface area contributed by atoms with E-state index in [0.29, 0.717) is 19.5 Å². The van der Waals surface area contributed by atoms with E-state index in [9.17, 15) is 9.59 Å². The van der Waals surface area contributed by atoms with Gasteiger partial charge in [-0.25, -0.2) is 0 Å². The smallest absolute Gasteiger partial charge is 0.242 e. The van der Waals surface area contributed by atoms with E-state index in [2.05, 4.69) is 12.2 Å². The normalized spacial score (nSPS) is 17.8. The minimum atomic E-state index is -0.253. The van der Waals surface area contributed by atoms with Crippen LogP contribution in [0.3, 0.4) is 0 Å². The number of carbonyl (C=O) groups excluding carboxylic acids is 2. The molecular formula is C19H37N3O2. The number of carbonyl (C=O) groups is 2. The molecule has 5 nitrogen and oxygen atoms in total. The first-order valence-electron chi connectivity index (χ1n) is 9.98. The summed E-state index contributed by atoms with van der Waals surface area (Å²) in [6.45, 7) is 4.32. The van der Waals surface area contributed by atoms with Crippen molar-refractivity contribution in [2.45, 2.75) is 90.0 Å². The third kappa shape index (κ3) is 8.13. The zero-order valence-electron chi connectivity index (χ0n) is 15.5. The van der Waals surface area contributed by atoms with Crippen molar-refractivity contribution in [2.75, 3.05) is 19.6 Å². The monoisotopic (exact) mass is 339 g/mol. The fraction of sp³-hybridized carbons (Fsp3) is 0.895. The van der Waals surface area contributed by atoms with Crippen molar-refractivity contribution in [3.8, 4) is 0 Å². The second kappa shape index (κ2) is 13.2. The lowest BCUT2D eigenvalue weighted by molar-refractivity contribution is -0.142. The number of piperidine rings is 1. The molecule has 1 heterocycles. The molecule has 0 spiro atoms. The Labute approximate surface area is 147 Å².